The highest BCUT2D eigenvalue weighted by atomic mass is 32.1. The molecule has 1 aromatic rings. The third-order valence-electron chi connectivity index (χ3n) is 2.46. The zero-order valence-electron chi connectivity index (χ0n) is 11.8. The van der Waals surface area contributed by atoms with Crippen molar-refractivity contribution in [1.29, 1.82) is 0 Å². The molecule has 0 spiro atoms. The molecule has 0 aliphatic carbocycles. The molecule has 0 saturated heterocycles. The molecular weight excluding hydrogens is 270 g/mol. The van der Waals surface area contributed by atoms with Gasteiger partial charge in [0.1, 0.15) is 12.4 Å². The largest absolute Gasteiger partial charge is 0.489 e. The second kappa shape index (κ2) is 9.97. The number of unbranched alkanes of at least 4 members (excludes halogenated alkanes) is 1. The van der Waals surface area contributed by atoms with Crippen LogP contribution >= 0.6 is 12.2 Å². The summed E-state index contributed by atoms with van der Waals surface area (Å²) in [5.74, 6) is 0.766. The highest BCUT2D eigenvalue weighted by Crippen LogP contribution is 2.15. The molecule has 1 rings (SSSR count). The minimum Gasteiger partial charge on any atom is -0.489 e. The van der Waals surface area contributed by atoms with Gasteiger partial charge in [-0.2, -0.15) is 5.10 Å². The van der Waals surface area contributed by atoms with E-state index in [1.807, 2.05) is 24.3 Å². The Balaban J connectivity index is 2.48. The molecule has 2 N–H and O–H groups in total. The lowest BCUT2D eigenvalue weighted by Gasteiger charge is -2.07. The Hall–Kier alpha value is -1.88. The molecule has 5 heteroatoms. The predicted octanol–water partition coefficient (Wildman–Crippen LogP) is 2.85. The summed E-state index contributed by atoms with van der Waals surface area (Å²) in [6.07, 6.45) is 5.61. The fourth-order valence-electron chi connectivity index (χ4n) is 1.45. The van der Waals surface area contributed by atoms with Crippen LogP contribution in [0.2, 0.25) is 0 Å². The van der Waals surface area contributed by atoms with Gasteiger partial charge in [-0.15, -0.1) is 0 Å². The summed E-state index contributed by atoms with van der Waals surface area (Å²) in [5, 5.41) is 7.71. The highest BCUT2D eigenvalue weighted by Gasteiger charge is 1.99. The van der Waals surface area contributed by atoms with E-state index in [9.17, 15) is 0 Å². The maximum absolute atomic E-state index is 5.54. The first-order valence-electron chi connectivity index (χ1n) is 6.67. The fourth-order valence-corrected chi connectivity index (χ4v) is 1.60. The third kappa shape index (κ3) is 6.33. The number of rotatable bonds is 8. The highest BCUT2D eigenvalue weighted by molar-refractivity contribution is 7.80. The van der Waals surface area contributed by atoms with E-state index in [0.717, 1.165) is 30.7 Å². The van der Waals surface area contributed by atoms with Crippen molar-refractivity contribution in [2.45, 2.75) is 19.8 Å². The number of benzene rings is 1. The molecule has 0 aliphatic rings. The summed E-state index contributed by atoms with van der Waals surface area (Å²) >= 11 is 5.11. The van der Waals surface area contributed by atoms with Crippen molar-refractivity contribution in [3.63, 3.8) is 0 Å². The van der Waals surface area contributed by atoms with E-state index in [4.69, 9.17) is 17.0 Å². The first kappa shape index (κ1) is 16.2. The lowest BCUT2D eigenvalue weighted by atomic mass is 10.2. The average Bonchev–Trinajstić information content (AvgIpc) is 2.46. The zero-order valence-corrected chi connectivity index (χ0v) is 12.6. The fraction of sp³-hybridized carbons (Fsp3) is 0.333. The van der Waals surface area contributed by atoms with E-state index in [1.165, 1.54) is 0 Å². The number of thiocarbonyl (C=S) groups is 1. The van der Waals surface area contributed by atoms with Gasteiger partial charge < -0.3 is 10.1 Å². The molecule has 0 fully saturated rings. The molecule has 0 amide bonds. The van der Waals surface area contributed by atoms with E-state index >= 15 is 0 Å². The van der Waals surface area contributed by atoms with Crippen LogP contribution in [0.1, 0.15) is 25.3 Å². The number of nitrogens with zero attached hydrogens (tertiary/aromatic N) is 1. The van der Waals surface area contributed by atoms with Crippen LogP contribution in [0.3, 0.4) is 0 Å². The van der Waals surface area contributed by atoms with Crippen LogP contribution in [0.25, 0.3) is 0 Å². The van der Waals surface area contributed by atoms with Crippen molar-refractivity contribution >= 4 is 23.5 Å². The zero-order chi connectivity index (χ0) is 14.6. The molecule has 0 atom stereocenters. The maximum Gasteiger partial charge on any atom is 0.186 e. The first-order chi connectivity index (χ1) is 9.77. The average molecular weight is 291 g/mol. The standard InChI is InChI=1S/C15H21N3OS/c1-3-5-10-16-15(20)18-17-12-13-8-6-7-9-14(13)19-11-4-2/h4,6-9,12H,2-3,5,10-11H2,1H3,(H2,16,18,20)/b17-12-. The molecule has 20 heavy (non-hydrogen) atoms. The smallest absolute Gasteiger partial charge is 0.186 e. The molecule has 0 unspecified atom stereocenters. The van der Waals surface area contributed by atoms with Crippen LogP contribution < -0.4 is 15.5 Å². The first-order valence-corrected chi connectivity index (χ1v) is 7.08. The van der Waals surface area contributed by atoms with Gasteiger partial charge in [-0.05, 0) is 30.8 Å². The van der Waals surface area contributed by atoms with Crippen molar-refractivity contribution < 1.29 is 4.74 Å². The van der Waals surface area contributed by atoms with Crippen LogP contribution in [-0.4, -0.2) is 24.5 Å². The lowest BCUT2D eigenvalue weighted by Crippen LogP contribution is -2.32. The SMILES string of the molecule is C=CCOc1ccccc1/C=N\NC(=S)NCCCC. The normalized spacial score (nSPS) is 10.2. The molecule has 0 radical (unpaired) electrons. The van der Waals surface area contributed by atoms with Crippen LogP contribution in [-0.2, 0) is 0 Å². The van der Waals surface area contributed by atoms with Gasteiger partial charge in [-0.1, -0.05) is 38.1 Å². The van der Waals surface area contributed by atoms with E-state index in [-0.39, 0.29) is 0 Å². The summed E-state index contributed by atoms with van der Waals surface area (Å²) < 4.78 is 5.54. The summed E-state index contributed by atoms with van der Waals surface area (Å²) in [6.45, 7) is 7.09. The molecule has 0 bridgehead atoms. The van der Waals surface area contributed by atoms with Crippen LogP contribution in [0.5, 0.6) is 5.75 Å². The van der Waals surface area contributed by atoms with Crippen LogP contribution in [0.4, 0.5) is 0 Å². The van der Waals surface area contributed by atoms with Gasteiger partial charge >= 0.3 is 0 Å². The minimum atomic E-state index is 0.468. The van der Waals surface area contributed by atoms with E-state index in [1.54, 1.807) is 12.3 Å². The number of hydrogen-bond donors (Lipinski definition) is 2. The van der Waals surface area contributed by atoms with Gasteiger partial charge in [0.25, 0.3) is 0 Å². The molecular formula is C15H21N3OS. The molecule has 0 aromatic heterocycles. The lowest BCUT2D eigenvalue weighted by molar-refractivity contribution is 0.362. The Morgan fingerprint density at radius 2 is 2.25 bits per heavy atom. The van der Waals surface area contributed by atoms with E-state index in [0.29, 0.717) is 11.7 Å². The minimum absolute atomic E-state index is 0.468. The van der Waals surface area contributed by atoms with Gasteiger partial charge in [-0.3, -0.25) is 5.43 Å². The van der Waals surface area contributed by atoms with E-state index in [2.05, 4.69) is 29.3 Å². The third-order valence-corrected chi connectivity index (χ3v) is 2.70. The van der Waals surface area contributed by atoms with Crippen molar-refractivity contribution in [3.8, 4) is 5.75 Å². The van der Waals surface area contributed by atoms with Crippen LogP contribution in [0, 0.1) is 0 Å². The summed E-state index contributed by atoms with van der Waals surface area (Å²) in [5.41, 5.74) is 3.67. The molecule has 0 heterocycles. The predicted molar refractivity (Wildman–Crippen MR) is 88.4 cm³/mol. The summed E-state index contributed by atoms with van der Waals surface area (Å²) in [6, 6.07) is 7.67. The quantitative estimate of drug-likeness (QED) is 0.254. The number of para-hydroxylation sites is 1. The summed E-state index contributed by atoms with van der Waals surface area (Å²) in [4.78, 5) is 0. The molecule has 108 valence electrons. The van der Waals surface area contributed by atoms with Gasteiger partial charge in [0, 0.05) is 12.1 Å². The molecule has 0 saturated carbocycles. The maximum atomic E-state index is 5.54. The van der Waals surface area contributed by atoms with Gasteiger partial charge in [0.15, 0.2) is 5.11 Å². The Bertz CT molecular complexity index is 460. The van der Waals surface area contributed by atoms with Crippen molar-refractivity contribution in [2.75, 3.05) is 13.2 Å². The topological polar surface area (TPSA) is 45.6 Å². The number of nitrogens with one attached hydrogen (secondary N) is 2. The number of ether oxygens (including phenoxy) is 1. The van der Waals surface area contributed by atoms with E-state index < -0.39 is 0 Å². The van der Waals surface area contributed by atoms with Crippen molar-refractivity contribution in [3.05, 3.63) is 42.5 Å². The Labute approximate surface area is 125 Å². The Kier molecular flexibility index (Phi) is 8.07. The van der Waals surface area contributed by atoms with Crippen molar-refractivity contribution in [1.82, 2.24) is 10.7 Å². The van der Waals surface area contributed by atoms with Gasteiger partial charge in [0.2, 0.25) is 0 Å². The second-order valence-electron chi connectivity index (χ2n) is 4.12. The molecule has 0 aliphatic heterocycles. The molecule has 4 nitrogen and oxygen atoms in total. The monoisotopic (exact) mass is 291 g/mol. The van der Waals surface area contributed by atoms with Gasteiger partial charge in [-0.25, -0.2) is 0 Å². The van der Waals surface area contributed by atoms with Crippen LogP contribution in [0.15, 0.2) is 42.0 Å². The molecule has 1 aromatic carbocycles. The van der Waals surface area contributed by atoms with Gasteiger partial charge in [0.05, 0.1) is 6.21 Å². The Morgan fingerprint density at radius 1 is 1.45 bits per heavy atom. The second-order valence-corrected chi connectivity index (χ2v) is 4.53. The number of hydrogen-bond acceptors (Lipinski definition) is 3. The summed E-state index contributed by atoms with van der Waals surface area (Å²) in [7, 11) is 0. The van der Waals surface area contributed by atoms with Crippen molar-refractivity contribution in [2.24, 2.45) is 5.10 Å². The Morgan fingerprint density at radius 3 is 3.00 bits per heavy atom. The number of hydrazone groups is 1.